The first kappa shape index (κ1) is 24.9. The lowest BCUT2D eigenvalue weighted by atomic mass is 9.72. The number of rotatable bonds is 6. The zero-order chi connectivity index (χ0) is 24.9. The van der Waals surface area contributed by atoms with Gasteiger partial charge < -0.3 is 10.2 Å². The highest BCUT2D eigenvalue weighted by Crippen LogP contribution is 2.36. The van der Waals surface area contributed by atoms with Gasteiger partial charge in [0.15, 0.2) is 0 Å². The van der Waals surface area contributed by atoms with Gasteiger partial charge in [-0.3, -0.25) is 4.79 Å². The largest absolute Gasteiger partial charge is 0.416 e. The second-order valence-electron chi connectivity index (χ2n) is 8.75. The van der Waals surface area contributed by atoms with Gasteiger partial charge in [-0.15, -0.1) is 0 Å². The molecule has 3 aromatic rings. The van der Waals surface area contributed by atoms with Crippen LogP contribution in [0, 0.1) is 0 Å². The Morgan fingerprint density at radius 2 is 1.57 bits per heavy atom. The number of nitrogens with zero attached hydrogens (tertiary/aromatic N) is 1. The molecule has 3 nitrogen and oxygen atoms in total. The van der Waals surface area contributed by atoms with Crippen molar-refractivity contribution < 1.29 is 18.0 Å². The topological polar surface area (TPSA) is 32.3 Å². The maximum absolute atomic E-state index is 13.3. The third-order valence-electron chi connectivity index (χ3n) is 6.58. The first-order valence-corrected chi connectivity index (χ1v) is 11.8. The number of nitrogens with one attached hydrogen (secondary N) is 1. The highest BCUT2D eigenvalue weighted by atomic mass is 35.5. The lowest BCUT2D eigenvalue weighted by Gasteiger charge is -2.42. The molecule has 1 N–H and O–H groups in total. The van der Waals surface area contributed by atoms with E-state index in [2.05, 4.69) is 17.4 Å². The average Bonchev–Trinajstić information content (AvgIpc) is 2.87. The van der Waals surface area contributed by atoms with Gasteiger partial charge in [-0.05, 0) is 54.4 Å². The predicted molar refractivity (Wildman–Crippen MR) is 133 cm³/mol. The first-order valence-electron chi connectivity index (χ1n) is 11.5. The summed E-state index contributed by atoms with van der Waals surface area (Å²) in [6, 6.07) is 22.5. The van der Waals surface area contributed by atoms with Gasteiger partial charge in [-0.2, -0.15) is 13.2 Å². The van der Waals surface area contributed by atoms with E-state index in [0.29, 0.717) is 30.2 Å². The van der Waals surface area contributed by atoms with Crippen molar-refractivity contribution in [1.82, 2.24) is 10.2 Å². The molecule has 0 bridgehead atoms. The maximum atomic E-state index is 13.3. The number of hydrogen-bond acceptors (Lipinski definition) is 2. The minimum absolute atomic E-state index is 0.145. The summed E-state index contributed by atoms with van der Waals surface area (Å²) in [7, 11) is 0. The molecule has 7 heteroatoms. The third kappa shape index (κ3) is 5.88. The van der Waals surface area contributed by atoms with Gasteiger partial charge in [0.25, 0.3) is 5.91 Å². The van der Waals surface area contributed by atoms with Gasteiger partial charge in [0, 0.05) is 25.0 Å². The monoisotopic (exact) mass is 498 g/mol. The van der Waals surface area contributed by atoms with Crippen molar-refractivity contribution in [3.63, 3.8) is 0 Å². The molecule has 4 rings (SSSR count). The number of carbonyl (C=O) groups is 1. The number of alkyl halides is 3. The molecule has 182 valence electrons. The summed E-state index contributed by atoms with van der Waals surface area (Å²) < 4.78 is 39.9. The Balaban J connectivity index is 1.48. The molecule has 1 aliphatic rings. The van der Waals surface area contributed by atoms with Crippen LogP contribution >= 0.6 is 11.6 Å². The first-order chi connectivity index (χ1) is 16.8. The van der Waals surface area contributed by atoms with E-state index in [1.807, 2.05) is 23.1 Å². The minimum atomic E-state index is -4.40. The van der Waals surface area contributed by atoms with E-state index >= 15 is 0 Å². The number of hydrogen-bond donors (Lipinski definition) is 1. The summed E-state index contributed by atoms with van der Waals surface area (Å²) >= 11 is 6.19. The van der Waals surface area contributed by atoms with E-state index in [4.69, 9.17) is 11.6 Å². The molecular formula is C28H26ClF3N2O. The molecule has 1 heterocycles. The smallest absolute Gasteiger partial charge is 0.377 e. The minimum Gasteiger partial charge on any atom is -0.377 e. The van der Waals surface area contributed by atoms with Crippen LogP contribution < -0.4 is 5.32 Å². The summed E-state index contributed by atoms with van der Waals surface area (Å²) in [6.07, 6.45) is 0.348. The van der Waals surface area contributed by atoms with Crippen molar-refractivity contribution in [2.45, 2.75) is 24.4 Å². The van der Waals surface area contributed by atoms with Crippen molar-refractivity contribution in [1.29, 1.82) is 0 Å². The van der Waals surface area contributed by atoms with Gasteiger partial charge in [-0.1, -0.05) is 72.3 Å². The van der Waals surface area contributed by atoms with Crippen LogP contribution in [-0.2, 0) is 11.6 Å². The standard InChI is InChI=1S/C28H26ClF3N2O/c29-25-13-7-5-11-23(25)26(35)33-20-27(22-9-2-1-3-10-22)15-18-34(19-16-27)17-14-21-8-4-6-12-24(21)28(30,31)32/h1-14,17H,15-16,18-20H2,(H,33,35). The Kier molecular flexibility index (Phi) is 7.51. The van der Waals surface area contributed by atoms with Crippen molar-refractivity contribution in [2.24, 2.45) is 0 Å². The molecule has 1 fully saturated rings. The number of likely N-dealkylation sites (tertiary alicyclic amines) is 1. The Labute approximate surface area is 208 Å². The quantitative estimate of drug-likeness (QED) is 0.405. The van der Waals surface area contributed by atoms with Crippen LogP contribution in [0.25, 0.3) is 6.08 Å². The molecule has 0 unspecified atom stereocenters. The Hall–Kier alpha value is -3.25. The van der Waals surface area contributed by atoms with Crippen LogP contribution in [0.2, 0.25) is 5.02 Å². The average molecular weight is 499 g/mol. The number of halogens is 4. The number of benzene rings is 3. The van der Waals surface area contributed by atoms with Crippen molar-refractivity contribution >= 4 is 23.6 Å². The zero-order valence-electron chi connectivity index (χ0n) is 19.1. The van der Waals surface area contributed by atoms with Gasteiger partial charge in [-0.25, -0.2) is 0 Å². The SMILES string of the molecule is O=C(NCC1(c2ccccc2)CCN(C=Cc2ccccc2C(F)(F)F)CC1)c1ccccc1Cl. The molecule has 0 radical (unpaired) electrons. The fraction of sp³-hybridized carbons (Fsp3) is 0.250. The van der Waals surface area contributed by atoms with Crippen molar-refractivity contribution in [3.05, 3.63) is 112 Å². The molecule has 3 aromatic carbocycles. The van der Waals surface area contributed by atoms with Gasteiger partial charge in [0.1, 0.15) is 0 Å². The van der Waals surface area contributed by atoms with Crippen LogP contribution in [0.5, 0.6) is 0 Å². The Morgan fingerprint density at radius 1 is 0.943 bits per heavy atom. The zero-order valence-corrected chi connectivity index (χ0v) is 19.8. The lowest BCUT2D eigenvalue weighted by Crippen LogP contribution is -2.47. The molecule has 1 aliphatic heterocycles. The van der Waals surface area contributed by atoms with E-state index < -0.39 is 11.7 Å². The molecule has 0 atom stereocenters. The summed E-state index contributed by atoms with van der Waals surface area (Å²) in [6.45, 7) is 1.75. The number of amides is 1. The molecule has 1 saturated heterocycles. The van der Waals surface area contributed by atoms with E-state index in [0.717, 1.165) is 24.5 Å². The lowest BCUT2D eigenvalue weighted by molar-refractivity contribution is -0.137. The second-order valence-corrected chi connectivity index (χ2v) is 9.15. The Morgan fingerprint density at radius 3 is 2.26 bits per heavy atom. The molecular weight excluding hydrogens is 473 g/mol. The number of carbonyl (C=O) groups excluding carboxylic acids is 1. The third-order valence-corrected chi connectivity index (χ3v) is 6.91. The van der Waals surface area contributed by atoms with Crippen LogP contribution in [0.3, 0.4) is 0 Å². The highest BCUT2D eigenvalue weighted by molar-refractivity contribution is 6.33. The fourth-order valence-electron chi connectivity index (χ4n) is 4.54. The van der Waals surface area contributed by atoms with Crippen molar-refractivity contribution in [2.75, 3.05) is 19.6 Å². The van der Waals surface area contributed by atoms with E-state index in [1.54, 1.807) is 36.5 Å². The molecule has 0 aliphatic carbocycles. The van der Waals surface area contributed by atoms with Crippen LogP contribution in [0.1, 0.15) is 39.9 Å². The van der Waals surface area contributed by atoms with Crippen LogP contribution in [0.15, 0.2) is 85.1 Å². The van der Waals surface area contributed by atoms with Crippen LogP contribution in [-0.4, -0.2) is 30.4 Å². The predicted octanol–water partition coefficient (Wildman–Crippen LogP) is 6.79. The van der Waals surface area contributed by atoms with Crippen LogP contribution in [0.4, 0.5) is 13.2 Å². The van der Waals surface area contributed by atoms with Gasteiger partial charge in [0.2, 0.25) is 0 Å². The van der Waals surface area contributed by atoms with E-state index in [9.17, 15) is 18.0 Å². The molecule has 0 saturated carbocycles. The van der Waals surface area contributed by atoms with Crippen molar-refractivity contribution in [3.8, 4) is 0 Å². The molecule has 1 amide bonds. The number of piperidine rings is 1. The van der Waals surface area contributed by atoms with E-state index in [-0.39, 0.29) is 16.9 Å². The summed E-state index contributed by atoms with van der Waals surface area (Å²) in [5, 5.41) is 3.46. The Bertz CT molecular complexity index is 1190. The highest BCUT2D eigenvalue weighted by Gasteiger charge is 2.36. The molecule has 35 heavy (non-hydrogen) atoms. The summed E-state index contributed by atoms with van der Waals surface area (Å²) in [5.41, 5.74) is 0.777. The fourth-order valence-corrected chi connectivity index (χ4v) is 4.76. The normalized spacial score (nSPS) is 15.8. The maximum Gasteiger partial charge on any atom is 0.416 e. The molecule has 0 spiro atoms. The second kappa shape index (κ2) is 10.6. The van der Waals surface area contributed by atoms with E-state index in [1.165, 1.54) is 18.2 Å². The summed E-state index contributed by atoms with van der Waals surface area (Å²) in [5.74, 6) is -0.225. The van der Waals surface area contributed by atoms with Gasteiger partial charge in [0.05, 0.1) is 16.1 Å². The summed E-state index contributed by atoms with van der Waals surface area (Å²) in [4.78, 5) is 14.8. The van der Waals surface area contributed by atoms with Gasteiger partial charge >= 0.3 is 6.18 Å². The molecule has 0 aromatic heterocycles.